The van der Waals surface area contributed by atoms with Crippen molar-refractivity contribution in [1.29, 1.82) is 0 Å². The van der Waals surface area contributed by atoms with Gasteiger partial charge in [-0.3, -0.25) is 0 Å². The number of furan rings is 1. The second-order valence-corrected chi connectivity index (χ2v) is 2.11. The van der Waals surface area contributed by atoms with E-state index < -0.39 is 0 Å². The van der Waals surface area contributed by atoms with Crippen LogP contribution in [0, 0.1) is 0 Å². The summed E-state index contributed by atoms with van der Waals surface area (Å²) in [7, 11) is 0. The second-order valence-electron chi connectivity index (χ2n) is 2.11. The first-order valence-corrected chi connectivity index (χ1v) is 3.49. The predicted molar refractivity (Wildman–Crippen MR) is 38.7 cm³/mol. The number of ether oxygens (including phenoxy) is 1. The molecule has 0 aliphatic carbocycles. The fourth-order valence-corrected chi connectivity index (χ4v) is 0.855. The molecular formula is C8H12O2. The summed E-state index contributed by atoms with van der Waals surface area (Å²) < 4.78 is 10.4. The van der Waals surface area contributed by atoms with Crippen LogP contribution in [0.25, 0.3) is 0 Å². The van der Waals surface area contributed by atoms with Crippen LogP contribution in [-0.4, -0.2) is 6.61 Å². The highest BCUT2D eigenvalue weighted by Gasteiger charge is 2.05. The molecule has 0 saturated carbocycles. The van der Waals surface area contributed by atoms with Crippen molar-refractivity contribution in [1.82, 2.24) is 0 Å². The molecule has 1 atom stereocenters. The molecule has 0 bridgehead atoms. The van der Waals surface area contributed by atoms with Gasteiger partial charge in [-0.05, 0) is 26.0 Å². The van der Waals surface area contributed by atoms with Gasteiger partial charge in [-0.25, -0.2) is 0 Å². The first-order chi connectivity index (χ1) is 4.84. The Hall–Kier alpha value is -0.760. The molecule has 0 N–H and O–H groups in total. The molecule has 56 valence electrons. The summed E-state index contributed by atoms with van der Waals surface area (Å²) in [5.41, 5.74) is 0. The molecule has 1 aromatic rings. The minimum atomic E-state index is 0.0833. The molecule has 0 spiro atoms. The van der Waals surface area contributed by atoms with Crippen LogP contribution < -0.4 is 0 Å². The van der Waals surface area contributed by atoms with Crippen molar-refractivity contribution < 1.29 is 9.15 Å². The lowest BCUT2D eigenvalue weighted by Crippen LogP contribution is -1.96. The van der Waals surface area contributed by atoms with Crippen LogP contribution in [0.3, 0.4) is 0 Å². The lowest BCUT2D eigenvalue weighted by Gasteiger charge is -2.06. The maximum atomic E-state index is 5.29. The van der Waals surface area contributed by atoms with Gasteiger partial charge in [0.2, 0.25) is 0 Å². The van der Waals surface area contributed by atoms with E-state index >= 15 is 0 Å². The van der Waals surface area contributed by atoms with Crippen molar-refractivity contribution in [3.05, 3.63) is 24.2 Å². The molecule has 1 heterocycles. The van der Waals surface area contributed by atoms with E-state index in [-0.39, 0.29) is 6.10 Å². The monoisotopic (exact) mass is 140 g/mol. The van der Waals surface area contributed by atoms with E-state index in [1.165, 1.54) is 0 Å². The number of hydrogen-bond donors (Lipinski definition) is 0. The van der Waals surface area contributed by atoms with Gasteiger partial charge in [0.1, 0.15) is 11.9 Å². The highest BCUT2D eigenvalue weighted by Crippen LogP contribution is 2.15. The lowest BCUT2D eigenvalue weighted by atomic mass is 10.3. The van der Waals surface area contributed by atoms with Gasteiger partial charge in [0.15, 0.2) is 0 Å². The van der Waals surface area contributed by atoms with Crippen molar-refractivity contribution in [3.8, 4) is 0 Å². The highest BCUT2D eigenvalue weighted by molar-refractivity contribution is 5.00. The summed E-state index contributed by atoms with van der Waals surface area (Å²) >= 11 is 0. The predicted octanol–water partition coefficient (Wildman–Crippen LogP) is 2.38. The van der Waals surface area contributed by atoms with E-state index in [9.17, 15) is 0 Å². The van der Waals surface area contributed by atoms with Gasteiger partial charge >= 0.3 is 0 Å². The smallest absolute Gasteiger partial charge is 0.132 e. The summed E-state index contributed by atoms with van der Waals surface area (Å²) in [6, 6.07) is 3.78. The third-order valence-corrected chi connectivity index (χ3v) is 1.36. The summed E-state index contributed by atoms with van der Waals surface area (Å²) in [6.07, 6.45) is 1.74. The molecule has 1 aromatic heterocycles. The Morgan fingerprint density at radius 1 is 1.70 bits per heavy atom. The number of hydrogen-bond acceptors (Lipinski definition) is 2. The first kappa shape index (κ1) is 7.35. The van der Waals surface area contributed by atoms with Crippen molar-refractivity contribution in [3.63, 3.8) is 0 Å². The van der Waals surface area contributed by atoms with E-state index in [1.54, 1.807) is 6.26 Å². The topological polar surface area (TPSA) is 22.4 Å². The Bertz CT molecular complexity index is 167. The zero-order chi connectivity index (χ0) is 7.40. The molecule has 1 unspecified atom stereocenters. The molecule has 0 saturated heterocycles. The van der Waals surface area contributed by atoms with Crippen LogP contribution in [0.15, 0.2) is 22.8 Å². The van der Waals surface area contributed by atoms with E-state index in [1.807, 2.05) is 26.0 Å². The van der Waals surface area contributed by atoms with Gasteiger partial charge < -0.3 is 9.15 Å². The second kappa shape index (κ2) is 3.42. The first-order valence-electron chi connectivity index (χ1n) is 3.49. The maximum absolute atomic E-state index is 5.29. The number of rotatable bonds is 3. The quantitative estimate of drug-likeness (QED) is 0.643. The van der Waals surface area contributed by atoms with Crippen LogP contribution in [-0.2, 0) is 4.74 Å². The summed E-state index contributed by atoms with van der Waals surface area (Å²) in [5, 5.41) is 0. The molecule has 0 fully saturated rings. The molecule has 0 aromatic carbocycles. The Kier molecular flexibility index (Phi) is 2.51. The molecule has 0 aliphatic rings. The van der Waals surface area contributed by atoms with Crippen LogP contribution in [0.5, 0.6) is 0 Å². The third-order valence-electron chi connectivity index (χ3n) is 1.36. The summed E-state index contributed by atoms with van der Waals surface area (Å²) in [6.45, 7) is 4.67. The molecule has 1 rings (SSSR count). The van der Waals surface area contributed by atoms with Gasteiger partial charge in [-0.15, -0.1) is 0 Å². The normalized spacial score (nSPS) is 13.4. The Morgan fingerprint density at radius 3 is 3.00 bits per heavy atom. The van der Waals surface area contributed by atoms with Crippen LogP contribution in [0.1, 0.15) is 25.7 Å². The lowest BCUT2D eigenvalue weighted by molar-refractivity contribution is 0.0604. The van der Waals surface area contributed by atoms with E-state index in [4.69, 9.17) is 9.15 Å². The standard InChI is InChI=1S/C8H12O2/c1-3-9-7(2)8-5-4-6-10-8/h4-7H,3H2,1-2H3. The van der Waals surface area contributed by atoms with Crippen molar-refractivity contribution in [2.75, 3.05) is 6.61 Å². The molecule has 0 aliphatic heterocycles. The molecule has 2 nitrogen and oxygen atoms in total. The average Bonchev–Trinajstić information content (AvgIpc) is 2.38. The van der Waals surface area contributed by atoms with Crippen LogP contribution >= 0.6 is 0 Å². The van der Waals surface area contributed by atoms with Gasteiger partial charge in [-0.2, -0.15) is 0 Å². The van der Waals surface area contributed by atoms with E-state index in [0.29, 0.717) is 0 Å². The van der Waals surface area contributed by atoms with Gasteiger partial charge in [-0.1, -0.05) is 0 Å². The Labute approximate surface area is 60.8 Å². The van der Waals surface area contributed by atoms with Crippen LogP contribution in [0.2, 0.25) is 0 Å². The SMILES string of the molecule is CCOC(C)c1ccco1. The maximum Gasteiger partial charge on any atom is 0.132 e. The Balaban J connectivity index is 2.50. The largest absolute Gasteiger partial charge is 0.467 e. The van der Waals surface area contributed by atoms with E-state index in [0.717, 1.165) is 12.4 Å². The minimum Gasteiger partial charge on any atom is -0.467 e. The van der Waals surface area contributed by atoms with Crippen molar-refractivity contribution in [2.45, 2.75) is 20.0 Å². The zero-order valence-electron chi connectivity index (χ0n) is 6.33. The fraction of sp³-hybridized carbons (Fsp3) is 0.500. The molecular weight excluding hydrogens is 128 g/mol. The Morgan fingerprint density at radius 2 is 2.50 bits per heavy atom. The average molecular weight is 140 g/mol. The highest BCUT2D eigenvalue weighted by atomic mass is 16.5. The fourth-order valence-electron chi connectivity index (χ4n) is 0.855. The van der Waals surface area contributed by atoms with Gasteiger partial charge in [0.25, 0.3) is 0 Å². The molecule has 2 heteroatoms. The minimum absolute atomic E-state index is 0.0833. The summed E-state index contributed by atoms with van der Waals surface area (Å²) in [5.74, 6) is 0.891. The molecule has 0 amide bonds. The van der Waals surface area contributed by atoms with E-state index in [2.05, 4.69) is 0 Å². The molecule has 0 radical (unpaired) electrons. The molecule has 10 heavy (non-hydrogen) atoms. The third kappa shape index (κ3) is 1.61. The van der Waals surface area contributed by atoms with Crippen molar-refractivity contribution >= 4 is 0 Å². The summed E-state index contributed by atoms with van der Waals surface area (Å²) in [4.78, 5) is 0. The zero-order valence-corrected chi connectivity index (χ0v) is 6.33. The van der Waals surface area contributed by atoms with Crippen molar-refractivity contribution in [2.24, 2.45) is 0 Å². The van der Waals surface area contributed by atoms with Gasteiger partial charge in [0.05, 0.1) is 6.26 Å². The van der Waals surface area contributed by atoms with Gasteiger partial charge in [0, 0.05) is 6.61 Å². The van der Waals surface area contributed by atoms with Crippen LogP contribution in [0.4, 0.5) is 0 Å².